The van der Waals surface area contributed by atoms with Crippen LogP contribution in [0.5, 0.6) is 0 Å². The van der Waals surface area contributed by atoms with Crippen molar-refractivity contribution in [1.82, 2.24) is 4.90 Å². The Morgan fingerprint density at radius 2 is 1.84 bits per heavy atom. The van der Waals surface area contributed by atoms with E-state index < -0.39 is 0 Å². The summed E-state index contributed by atoms with van der Waals surface area (Å²) in [4.78, 5) is 14.3. The average molecular weight is 279 g/mol. The number of nitrogens with zero attached hydrogens (tertiary/aromatic N) is 1. The predicted octanol–water partition coefficient (Wildman–Crippen LogP) is 4.20. The molecule has 0 aliphatic rings. The van der Waals surface area contributed by atoms with Crippen molar-refractivity contribution < 1.29 is 4.79 Å². The zero-order valence-corrected chi connectivity index (χ0v) is 13.1. The van der Waals surface area contributed by atoms with Crippen molar-refractivity contribution >= 4 is 17.7 Å². The van der Waals surface area contributed by atoms with E-state index in [1.807, 2.05) is 35.7 Å². The molecule has 1 rings (SSSR count). The molecule has 0 N–H and O–H groups in total. The first-order valence-corrected chi connectivity index (χ1v) is 8.34. The largest absolute Gasteiger partial charge is 0.339 e. The lowest BCUT2D eigenvalue weighted by atomic mass is 10.1. The lowest BCUT2D eigenvalue weighted by Gasteiger charge is -2.20. The third-order valence-corrected chi connectivity index (χ3v) is 4.07. The monoisotopic (exact) mass is 279 g/mol. The third-order valence-electron chi connectivity index (χ3n) is 3.12. The molecule has 19 heavy (non-hydrogen) atoms. The van der Waals surface area contributed by atoms with Crippen LogP contribution in [0.1, 0.15) is 49.5 Å². The normalized spacial score (nSPS) is 10.5. The molecule has 0 saturated heterocycles. The Morgan fingerprint density at radius 3 is 2.37 bits per heavy atom. The van der Waals surface area contributed by atoms with Gasteiger partial charge in [-0.1, -0.05) is 32.4 Å². The molecule has 2 nitrogen and oxygen atoms in total. The van der Waals surface area contributed by atoms with Gasteiger partial charge in [0.25, 0.3) is 5.91 Å². The van der Waals surface area contributed by atoms with Crippen LogP contribution < -0.4 is 0 Å². The van der Waals surface area contributed by atoms with E-state index in [4.69, 9.17) is 0 Å². The van der Waals surface area contributed by atoms with Crippen LogP contribution in [0, 0.1) is 0 Å². The molecule has 0 aliphatic carbocycles. The van der Waals surface area contributed by atoms with Crippen LogP contribution in [0.3, 0.4) is 0 Å². The summed E-state index contributed by atoms with van der Waals surface area (Å²) >= 11 is 1.90. The summed E-state index contributed by atoms with van der Waals surface area (Å²) in [6.45, 7) is 8.00. The minimum Gasteiger partial charge on any atom is -0.339 e. The van der Waals surface area contributed by atoms with E-state index in [1.54, 1.807) is 0 Å². The highest BCUT2D eigenvalue weighted by atomic mass is 32.2. The van der Waals surface area contributed by atoms with Crippen molar-refractivity contribution in [3.63, 3.8) is 0 Å². The van der Waals surface area contributed by atoms with Gasteiger partial charge in [-0.05, 0) is 36.8 Å². The maximum atomic E-state index is 12.3. The first-order chi connectivity index (χ1) is 9.22. The number of benzene rings is 1. The van der Waals surface area contributed by atoms with Crippen LogP contribution in [0.4, 0.5) is 0 Å². The van der Waals surface area contributed by atoms with Crippen LogP contribution in [-0.4, -0.2) is 29.6 Å². The number of hydrogen-bond donors (Lipinski definition) is 0. The van der Waals surface area contributed by atoms with E-state index in [9.17, 15) is 4.79 Å². The Hall–Kier alpha value is -0.960. The van der Waals surface area contributed by atoms with Crippen molar-refractivity contribution in [2.45, 2.75) is 39.4 Å². The van der Waals surface area contributed by atoms with Crippen LogP contribution in [0.25, 0.3) is 0 Å². The van der Waals surface area contributed by atoms with E-state index in [2.05, 4.69) is 26.0 Å². The molecule has 106 valence electrons. The Labute approximate surface area is 121 Å². The van der Waals surface area contributed by atoms with Crippen LogP contribution in [0.2, 0.25) is 0 Å². The summed E-state index contributed by atoms with van der Waals surface area (Å²) in [5.74, 6) is 2.31. The van der Waals surface area contributed by atoms with Gasteiger partial charge in [-0.2, -0.15) is 11.8 Å². The fraction of sp³-hybridized carbons (Fsp3) is 0.562. The minimum absolute atomic E-state index is 0.158. The second-order valence-corrected chi connectivity index (χ2v) is 5.85. The lowest BCUT2D eigenvalue weighted by molar-refractivity contribution is 0.0762. The number of hydrogen-bond acceptors (Lipinski definition) is 2. The molecule has 0 spiro atoms. The SMILES string of the molecule is CCCCN(CC)C(=O)c1ccc(CSCC)cc1. The van der Waals surface area contributed by atoms with Crippen LogP contribution in [-0.2, 0) is 5.75 Å². The quantitative estimate of drug-likeness (QED) is 0.710. The van der Waals surface area contributed by atoms with E-state index in [1.165, 1.54) is 5.56 Å². The van der Waals surface area contributed by atoms with Gasteiger partial charge in [0.1, 0.15) is 0 Å². The third kappa shape index (κ3) is 5.27. The molecule has 1 amide bonds. The molecule has 0 heterocycles. The summed E-state index contributed by atoms with van der Waals surface area (Å²) in [6.07, 6.45) is 2.20. The topological polar surface area (TPSA) is 20.3 Å². The van der Waals surface area contributed by atoms with Gasteiger partial charge in [0.15, 0.2) is 0 Å². The number of rotatable bonds is 8. The van der Waals surface area contributed by atoms with E-state index in [-0.39, 0.29) is 5.91 Å². The van der Waals surface area contributed by atoms with E-state index in [0.29, 0.717) is 0 Å². The predicted molar refractivity (Wildman–Crippen MR) is 84.8 cm³/mol. The van der Waals surface area contributed by atoms with Gasteiger partial charge in [0.05, 0.1) is 0 Å². The lowest BCUT2D eigenvalue weighted by Crippen LogP contribution is -2.31. The van der Waals surface area contributed by atoms with Gasteiger partial charge in [0.2, 0.25) is 0 Å². The fourth-order valence-corrected chi connectivity index (χ4v) is 2.53. The van der Waals surface area contributed by atoms with Crippen molar-refractivity contribution in [2.75, 3.05) is 18.8 Å². The summed E-state index contributed by atoms with van der Waals surface area (Å²) in [5.41, 5.74) is 2.10. The van der Waals surface area contributed by atoms with Gasteiger partial charge in [-0.3, -0.25) is 4.79 Å². The van der Waals surface area contributed by atoms with Crippen molar-refractivity contribution in [3.8, 4) is 0 Å². The number of carbonyl (C=O) groups excluding carboxylic acids is 1. The Balaban J connectivity index is 2.65. The summed E-state index contributed by atoms with van der Waals surface area (Å²) in [6, 6.07) is 8.07. The van der Waals surface area contributed by atoms with E-state index in [0.717, 1.165) is 43.0 Å². The number of unbranched alkanes of at least 4 members (excludes halogenated alkanes) is 1. The van der Waals surface area contributed by atoms with Crippen molar-refractivity contribution in [3.05, 3.63) is 35.4 Å². The average Bonchev–Trinajstić information content (AvgIpc) is 2.46. The molecule has 0 aliphatic heterocycles. The van der Waals surface area contributed by atoms with Crippen LogP contribution >= 0.6 is 11.8 Å². The maximum Gasteiger partial charge on any atom is 0.253 e. The molecule has 0 radical (unpaired) electrons. The van der Waals surface area contributed by atoms with Gasteiger partial charge < -0.3 is 4.90 Å². The molecule has 0 fully saturated rings. The highest BCUT2D eigenvalue weighted by Crippen LogP contribution is 2.14. The molecule has 0 bridgehead atoms. The summed E-state index contributed by atoms with van der Waals surface area (Å²) in [5, 5.41) is 0. The molecule has 0 unspecified atom stereocenters. The Bertz CT molecular complexity index is 375. The smallest absolute Gasteiger partial charge is 0.253 e. The number of carbonyl (C=O) groups is 1. The molecule has 0 saturated carbocycles. The standard InChI is InChI=1S/C16H25NOS/c1-4-7-12-17(5-2)16(18)15-10-8-14(9-11-15)13-19-6-3/h8-11H,4-7,12-13H2,1-3H3. The molecule has 1 aromatic rings. The van der Waals surface area contributed by atoms with Gasteiger partial charge in [-0.15, -0.1) is 0 Å². The summed E-state index contributed by atoms with van der Waals surface area (Å²) in [7, 11) is 0. The Kier molecular flexibility index (Phi) is 7.65. The zero-order valence-electron chi connectivity index (χ0n) is 12.3. The van der Waals surface area contributed by atoms with Gasteiger partial charge >= 0.3 is 0 Å². The summed E-state index contributed by atoms with van der Waals surface area (Å²) < 4.78 is 0. The highest BCUT2D eigenvalue weighted by molar-refractivity contribution is 7.98. The number of amides is 1. The molecular formula is C16H25NOS. The molecule has 3 heteroatoms. The highest BCUT2D eigenvalue weighted by Gasteiger charge is 2.13. The van der Waals surface area contributed by atoms with Crippen molar-refractivity contribution in [1.29, 1.82) is 0 Å². The first kappa shape index (κ1) is 16.1. The molecule has 1 aromatic carbocycles. The molecule has 0 aromatic heterocycles. The number of thioether (sulfide) groups is 1. The molecule has 0 atom stereocenters. The second kappa shape index (κ2) is 9.03. The van der Waals surface area contributed by atoms with Crippen molar-refractivity contribution in [2.24, 2.45) is 0 Å². The fourth-order valence-electron chi connectivity index (χ4n) is 1.90. The maximum absolute atomic E-state index is 12.3. The van der Waals surface area contributed by atoms with Crippen LogP contribution in [0.15, 0.2) is 24.3 Å². The Morgan fingerprint density at radius 1 is 1.16 bits per heavy atom. The zero-order chi connectivity index (χ0) is 14.1. The van der Waals surface area contributed by atoms with Gasteiger partial charge in [-0.25, -0.2) is 0 Å². The molecular weight excluding hydrogens is 254 g/mol. The minimum atomic E-state index is 0.158. The first-order valence-electron chi connectivity index (χ1n) is 7.18. The van der Waals surface area contributed by atoms with Gasteiger partial charge in [0, 0.05) is 24.4 Å². The van der Waals surface area contributed by atoms with E-state index >= 15 is 0 Å². The second-order valence-electron chi connectivity index (χ2n) is 4.57.